The summed E-state index contributed by atoms with van der Waals surface area (Å²) >= 11 is 1.39. The van der Waals surface area contributed by atoms with Crippen LogP contribution in [0.1, 0.15) is 53.5 Å². The number of hydrogen-bond acceptors (Lipinski definition) is 7. The van der Waals surface area contributed by atoms with Gasteiger partial charge in [0.25, 0.3) is 11.1 Å². The van der Waals surface area contributed by atoms with Crippen LogP contribution >= 0.6 is 11.8 Å². The number of benzene rings is 2. The lowest BCUT2D eigenvalue weighted by atomic mass is 9.95. The number of hydrogen-bond donors (Lipinski definition) is 0. The summed E-state index contributed by atoms with van der Waals surface area (Å²) in [5.41, 5.74) is 5.65. The molecule has 2 aromatic carbocycles. The Morgan fingerprint density at radius 2 is 1.81 bits per heavy atom. The molecule has 0 unspecified atom stereocenters. The van der Waals surface area contributed by atoms with Gasteiger partial charge in [-0.15, -0.1) is 10.2 Å². The molecule has 0 fully saturated rings. The first-order valence-corrected chi connectivity index (χ1v) is 11.5. The van der Waals surface area contributed by atoms with Crippen molar-refractivity contribution in [3.05, 3.63) is 80.5 Å². The van der Waals surface area contributed by atoms with E-state index in [0.717, 1.165) is 33.4 Å². The molecule has 32 heavy (non-hydrogen) atoms. The highest BCUT2D eigenvalue weighted by Crippen LogP contribution is 2.30. The quantitative estimate of drug-likeness (QED) is 0.249. The van der Waals surface area contributed by atoms with Crippen LogP contribution in [-0.4, -0.2) is 10.2 Å². The van der Waals surface area contributed by atoms with Gasteiger partial charge < -0.3 is 13.6 Å². The summed E-state index contributed by atoms with van der Waals surface area (Å²) < 4.78 is 17.0. The highest BCUT2D eigenvalue weighted by atomic mass is 32.2. The van der Waals surface area contributed by atoms with Crippen molar-refractivity contribution in [2.45, 2.75) is 58.1 Å². The largest absolute Gasteiger partial charge is 0.484 e. The Morgan fingerprint density at radius 1 is 1.00 bits per heavy atom. The number of fused-ring (bicyclic) bond motifs is 1. The van der Waals surface area contributed by atoms with Crippen molar-refractivity contribution in [1.29, 1.82) is 0 Å². The zero-order valence-electron chi connectivity index (χ0n) is 18.9. The molecule has 6 nitrogen and oxygen atoms in total. The predicted molar refractivity (Wildman–Crippen MR) is 125 cm³/mol. The number of aromatic nitrogens is 2. The van der Waals surface area contributed by atoms with Crippen LogP contribution in [-0.2, 0) is 12.4 Å². The first-order chi connectivity index (χ1) is 15.3. The molecule has 0 aliphatic carbocycles. The van der Waals surface area contributed by atoms with Crippen molar-refractivity contribution in [2.24, 2.45) is 0 Å². The van der Waals surface area contributed by atoms with Crippen LogP contribution in [0.3, 0.4) is 0 Å². The highest BCUT2D eigenvalue weighted by Gasteiger charge is 2.14. The minimum absolute atomic E-state index is 0.201. The second-order valence-electron chi connectivity index (χ2n) is 8.26. The zero-order chi connectivity index (χ0) is 22.8. The molecule has 0 spiro atoms. The molecule has 0 amide bonds. The van der Waals surface area contributed by atoms with Gasteiger partial charge in [-0.3, -0.25) is 0 Å². The maximum Gasteiger partial charge on any atom is 0.336 e. The van der Waals surface area contributed by atoms with E-state index < -0.39 is 0 Å². The Labute approximate surface area is 191 Å². The molecule has 2 heterocycles. The topological polar surface area (TPSA) is 78.4 Å². The van der Waals surface area contributed by atoms with Crippen LogP contribution < -0.4 is 10.4 Å². The number of aryl methyl sites for hydroxylation is 3. The monoisotopic (exact) mass is 450 g/mol. The van der Waals surface area contributed by atoms with E-state index in [9.17, 15) is 4.79 Å². The number of thioether (sulfide) groups is 1. The summed E-state index contributed by atoms with van der Waals surface area (Å²) in [5, 5.41) is 9.56. The van der Waals surface area contributed by atoms with Crippen molar-refractivity contribution in [3.8, 4) is 5.75 Å². The van der Waals surface area contributed by atoms with Crippen molar-refractivity contribution in [3.63, 3.8) is 0 Å². The molecule has 4 aromatic rings. The van der Waals surface area contributed by atoms with Crippen molar-refractivity contribution < 1.29 is 13.6 Å². The summed E-state index contributed by atoms with van der Waals surface area (Å²) in [6, 6.07) is 11.6. The maximum atomic E-state index is 12.1. The SMILES string of the molecule is Cc1ccc(C)c(OCc2nnc(SCc3cc(=O)oc4cc(C)c(C(C)C)cc34)o2)c1. The maximum absolute atomic E-state index is 12.1. The summed E-state index contributed by atoms with van der Waals surface area (Å²) in [6.45, 7) is 10.6. The van der Waals surface area contributed by atoms with Gasteiger partial charge in [-0.1, -0.05) is 37.7 Å². The van der Waals surface area contributed by atoms with Gasteiger partial charge >= 0.3 is 5.63 Å². The summed E-state index contributed by atoms with van der Waals surface area (Å²) in [5.74, 6) is 2.10. The molecule has 2 aromatic heterocycles. The fourth-order valence-electron chi connectivity index (χ4n) is 3.63. The standard InChI is InChI=1S/C25H26N2O4S/c1-14(2)19-11-20-18(10-24(28)30-22(20)9-17(19)5)13-32-25-27-26-23(31-25)12-29-21-8-15(3)6-7-16(21)4/h6-11,14H,12-13H2,1-5H3. The molecule has 166 valence electrons. The molecule has 0 aliphatic rings. The Hall–Kier alpha value is -3.06. The number of ether oxygens (including phenoxy) is 1. The van der Waals surface area contributed by atoms with Crippen LogP contribution in [0.5, 0.6) is 5.75 Å². The lowest BCUT2D eigenvalue weighted by Gasteiger charge is -2.12. The predicted octanol–water partition coefficient (Wildman–Crippen LogP) is 6.10. The second-order valence-corrected chi connectivity index (χ2v) is 9.18. The number of nitrogens with zero attached hydrogens (tertiary/aromatic N) is 2. The van der Waals surface area contributed by atoms with E-state index >= 15 is 0 Å². The fraction of sp³-hybridized carbons (Fsp3) is 0.320. The first kappa shape index (κ1) is 22.1. The zero-order valence-corrected chi connectivity index (χ0v) is 19.7. The van der Waals surface area contributed by atoms with Crippen LogP contribution in [0.4, 0.5) is 0 Å². The van der Waals surface area contributed by atoms with Gasteiger partial charge in [0.1, 0.15) is 11.3 Å². The van der Waals surface area contributed by atoms with Crippen LogP contribution in [0.2, 0.25) is 0 Å². The smallest absolute Gasteiger partial charge is 0.336 e. The van der Waals surface area contributed by atoms with Crippen molar-refractivity contribution >= 4 is 22.7 Å². The molecule has 7 heteroatoms. The molecule has 0 N–H and O–H groups in total. The molecule has 0 bridgehead atoms. The minimum atomic E-state index is -0.363. The molecular formula is C25H26N2O4S. The van der Waals surface area contributed by atoms with Crippen LogP contribution in [0.25, 0.3) is 11.0 Å². The van der Waals surface area contributed by atoms with Gasteiger partial charge in [-0.05, 0) is 72.7 Å². The van der Waals surface area contributed by atoms with Crippen LogP contribution in [0, 0.1) is 20.8 Å². The molecule has 0 radical (unpaired) electrons. The third-order valence-electron chi connectivity index (χ3n) is 5.33. The lowest BCUT2D eigenvalue weighted by molar-refractivity contribution is 0.250. The van der Waals surface area contributed by atoms with E-state index in [2.05, 4.69) is 30.1 Å². The Kier molecular flexibility index (Phi) is 6.37. The van der Waals surface area contributed by atoms with Gasteiger partial charge in [-0.2, -0.15) is 0 Å². The fourth-order valence-corrected chi connectivity index (χ4v) is 4.40. The molecular weight excluding hydrogens is 424 g/mol. The Morgan fingerprint density at radius 3 is 2.59 bits per heavy atom. The second kappa shape index (κ2) is 9.20. The Balaban J connectivity index is 1.49. The van der Waals surface area contributed by atoms with E-state index in [1.165, 1.54) is 23.4 Å². The minimum Gasteiger partial charge on any atom is -0.484 e. The molecule has 4 rings (SSSR count). The summed E-state index contributed by atoms with van der Waals surface area (Å²) in [4.78, 5) is 12.1. The number of rotatable bonds is 7. The van der Waals surface area contributed by atoms with Gasteiger partial charge in [0.2, 0.25) is 0 Å². The average molecular weight is 451 g/mol. The molecule has 0 atom stereocenters. The van der Waals surface area contributed by atoms with Gasteiger partial charge in [0.05, 0.1) is 0 Å². The summed E-state index contributed by atoms with van der Waals surface area (Å²) in [6.07, 6.45) is 0. The Bertz CT molecular complexity index is 1320. The average Bonchev–Trinajstić information content (AvgIpc) is 3.19. The van der Waals surface area contributed by atoms with Gasteiger partial charge in [0.15, 0.2) is 6.61 Å². The summed E-state index contributed by atoms with van der Waals surface area (Å²) in [7, 11) is 0. The van der Waals surface area contributed by atoms with Gasteiger partial charge in [0, 0.05) is 17.2 Å². The third-order valence-corrected chi connectivity index (χ3v) is 6.20. The molecule has 0 saturated heterocycles. The van der Waals surface area contributed by atoms with E-state index in [1.807, 2.05) is 45.0 Å². The molecule has 0 saturated carbocycles. The van der Waals surface area contributed by atoms with Crippen LogP contribution in [0.15, 0.2) is 55.2 Å². The normalized spacial score (nSPS) is 11.4. The third kappa shape index (κ3) is 4.88. The van der Waals surface area contributed by atoms with Crippen molar-refractivity contribution in [2.75, 3.05) is 0 Å². The first-order valence-electron chi connectivity index (χ1n) is 10.5. The van der Waals surface area contributed by atoms with E-state index in [1.54, 1.807) is 0 Å². The lowest BCUT2D eigenvalue weighted by Crippen LogP contribution is -2.02. The van der Waals surface area contributed by atoms with Gasteiger partial charge in [-0.25, -0.2) is 4.79 Å². The molecule has 0 aliphatic heterocycles. The van der Waals surface area contributed by atoms with E-state index in [-0.39, 0.29) is 12.2 Å². The highest BCUT2D eigenvalue weighted by molar-refractivity contribution is 7.98. The van der Waals surface area contributed by atoms with Crippen molar-refractivity contribution in [1.82, 2.24) is 10.2 Å². The van der Waals surface area contributed by atoms with E-state index in [4.69, 9.17) is 13.6 Å². The van der Waals surface area contributed by atoms with E-state index in [0.29, 0.717) is 28.4 Å².